The summed E-state index contributed by atoms with van der Waals surface area (Å²) in [5.74, 6) is 0.451. The summed E-state index contributed by atoms with van der Waals surface area (Å²) in [7, 11) is 1.67. The summed E-state index contributed by atoms with van der Waals surface area (Å²) in [4.78, 5) is 30.0. The lowest BCUT2D eigenvalue weighted by molar-refractivity contribution is 0.0587. The summed E-state index contributed by atoms with van der Waals surface area (Å²) < 4.78 is 20.2. The molecule has 2 atom stereocenters. The highest BCUT2D eigenvalue weighted by Crippen LogP contribution is 2.33. The fourth-order valence-electron chi connectivity index (χ4n) is 6.14. The van der Waals surface area contributed by atoms with Crippen molar-refractivity contribution in [3.05, 3.63) is 105 Å². The summed E-state index contributed by atoms with van der Waals surface area (Å²) in [5, 5.41) is 8.09. The molecule has 1 amide bonds. The van der Waals surface area contributed by atoms with Crippen molar-refractivity contribution >= 4 is 16.7 Å². The Bertz CT molecular complexity index is 1570. The molecule has 7 nitrogen and oxygen atoms in total. The molecule has 0 bridgehead atoms. The normalized spacial score (nSPS) is 19.3. The number of likely N-dealkylation sites (tertiary alicyclic amines) is 2. The highest BCUT2D eigenvalue weighted by molar-refractivity contribution is 5.95. The van der Waals surface area contributed by atoms with Crippen molar-refractivity contribution in [1.82, 2.24) is 20.0 Å². The molecular weight excluding hydrogens is 495 g/mol. The third kappa shape index (κ3) is 5.04. The minimum Gasteiger partial charge on any atom is -0.497 e. The van der Waals surface area contributed by atoms with Gasteiger partial charge in [-0.05, 0) is 66.8 Å². The molecule has 39 heavy (non-hydrogen) atoms. The second kappa shape index (κ2) is 10.6. The molecule has 2 saturated heterocycles. The van der Waals surface area contributed by atoms with E-state index in [1.807, 2.05) is 35.2 Å². The zero-order valence-corrected chi connectivity index (χ0v) is 21.9. The molecule has 1 aromatic heterocycles. The zero-order chi connectivity index (χ0) is 26.9. The van der Waals surface area contributed by atoms with E-state index in [9.17, 15) is 14.0 Å². The van der Waals surface area contributed by atoms with Crippen LogP contribution in [0.1, 0.15) is 40.0 Å². The Kier molecular flexibility index (Phi) is 6.87. The maximum atomic E-state index is 14.9. The monoisotopic (exact) mass is 526 g/mol. The quantitative estimate of drug-likeness (QED) is 0.403. The predicted octanol–water partition coefficient (Wildman–Crippen LogP) is 4.40. The molecule has 0 saturated carbocycles. The van der Waals surface area contributed by atoms with Crippen LogP contribution in [0, 0.1) is 11.7 Å². The van der Waals surface area contributed by atoms with Crippen molar-refractivity contribution in [2.24, 2.45) is 5.92 Å². The molecule has 2 aliphatic rings. The SMILES string of the molecule is COc1ccc(CN2CCC3CN(C(=O)c4cc(Cc5n[nH]c(=O)c6ccccc56)ccc4F)CCC32)cc1. The van der Waals surface area contributed by atoms with E-state index in [2.05, 4.69) is 27.2 Å². The first-order chi connectivity index (χ1) is 19.0. The van der Waals surface area contributed by atoms with Gasteiger partial charge in [0.2, 0.25) is 0 Å². The highest BCUT2D eigenvalue weighted by atomic mass is 19.1. The predicted molar refractivity (Wildman–Crippen MR) is 147 cm³/mol. The maximum Gasteiger partial charge on any atom is 0.272 e. The molecule has 3 heterocycles. The zero-order valence-electron chi connectivity index (χ0n) is 21.9. The number of piperidine rings is 1. The Morgan fingerprint density at radius 3 is 2.59 bits per heavy atom. The molecule has 0 aliphatic carbocycles. The number of methoxy groups -OCH3 is 1. The van der Waals surface area contributed by atoms with Crippen molar-refractivity contribution in [3.63, 3.8) is 0 Å². The first-order valence-corrected chi connectivity index (χ1v) is 13.4. The lowest BCUT2D eigenvalue weighted by Crippen LogP contribution is -2.48. The molecule has 6 rings (SSSR count). The number of halogens is 1. The van der Waals surface area contributed by atoms with Crippen LogP contribution in [0.4, 0.5) is 4.39 Å². The molecule has 8 heteroatoms. The molecule has 2 fully saturated rings. The van der Waals surface area contributed by atoms with Gasteiger partial charge < -0.3 is 9.64 Å². The smallest absolute Gasteiger partial charge is 0.272 e. The number of aromatic amines is 1. The average molecular weight is 527 g/mol. The summed E-state index contributed by atoms with van der Waals surface area (Å²) in [5.41, 5.74) is 2.54. The third-order valence-electron chi connectivity index (χ3n) is 8.19. The lowest BCUT2D eigenvalue weighted by Gasteiger charge is -2.38. The molecular formula is C31H31FN4O3. The van der Waals surface area contributed by atoms with Gasteiger partial charge in [-0.15, -0.1) is 0 Å². The second-order valence-corrected chi connectivity index (χ2v) is 10.5. The van der Waals surface area contributed by atoms with Crippen LogP contribution < -0.4 is 10.3 Å². The summed E-state index contributed by atoms with van der Waals surface area (Å²) >= 11 is 0. The van der Waals surface area contributed by atoms with Gasteiger partial charge in [0.25, 0.3) is 11.5 Å². The van der Waals surface area contributed by atoms with Crippen molar-refractivity contribution < 1.29 is 13.9 Å². The number of nitrogens with one attached hydrogen (secondary N) is 1. The van der Waals surface area contributed by atoms with Crippen molar-refractivity contribution in [2.75, 3.05) is 26.7 Å². The van der Waals surface area contributed by atoms with Gasteiger partial charge in [-0.3, -0.25) is 14.5 Å². The number of H-pyrrole nitrogens is 1. The van der Waals surface area contributed by atoms with Gasteiger partial charge in [-0.2, -0.15) is 5.10 Å². The number of hydrogen-bond acceptors (Lipinski definition) is 5. The first kappa shape index (κ1) is 25.2. The molecule has 3 aromatic carbocycles. The Hall–Kier alpha value is -4.04. The van der Waals surface area contributed by atoms with Crippen LogP contribution in [0.5, 0.6) is 5.75 Å². The minimum atomic E-state index is -0.516. The number of fused-ring (bicyclic) bond motifs is 2. The Morgan fingerprint density at radius 2 is 1.79 bits per heavy atom. The standard InChI is InChI=1S/C31H31FN4O3/c1-39-23-9-6-20(7-10-23)18-35-14-12-22-19-36(15-13-29(22)35)31(38)26-16-21(8-11-27(26)32)17-28-24-4-2-3-5-25(24)30(37)34-33-28/h2-11,16,22,29H,12-15,17-19H2,1H3,(H,34,37). The number of carbonyl (C=O) groups is 1. The van der Waals surface area contributed by atoms with Gasteiger partial charge in [0.05, 0.1) is 23.8 Å². The van der Waals surface area contributed by atoms with Crippen molar-refractivity contribution in [3.8, 4) is 5.75 Å². The highest BCUT2D eigenvalue weighted by Gasteiger charge is 2.39. The van der Waals surface area contributed by atoms with Crippen LogP contribution in [0.25, 0.3) is 10.8 Å². The van der Waals surface area contributed by atoms with Crippen LogP contribution >= 0.6 is 0 Å². The van der Waals surface area contributed by atoms with Crippen LogP contribution in [0.15, 0.2) is 71.5 Å². The van der Waals surface area contributed by atoms with E-state index in [0.717, 1.165) is 42.6 Å². The average Bonchev–Trinajstić information content (AvgIpc) is 3.37. The summed E-state index contributed by atoms with van der Waals surface area (Å²) in [6.45, 7) is 3.11. The number of amides is 1. The number of rotatable bonds is 6. The van der Waals surface area contributed by atoms with E-state index in [0.29, 0.717) is 42.6 Å². The van der Waals surface area contributed by atoms with E-state index >= 15 is 0 Å². The van der Waals surface area contributed by atoms with Crippen LogP contribution in [-0.2, 0) is 13.0 Å². The number of benzene rings is 3. The summed E-state index contributed by atoms with van der Waals surface area (Å²) in [6.07, 6.45) is 2.28. The van der Waals surface area contributed by atoms with Gasteiger partial charge in [0.15, 0.2) is 0 Å². The number of hydrogen-bond donors (Lipinski definition) is 1. The van der Waals surface area contributed by atoms with Gasteiger partial charge in [0.1, 0.15) is 11.6 Å². The molecule has 200 valence electrons. The molecule has 4 aromatic rings. The van der Waals surface area contributed by atoms with E-state index in [-0.39, 0.29) is 17.0 Å². The first-order valence-electron chi connectivity index (χ1n) is 13.4. The van der Waals surface area contributed by atoms with Gasteiger partial charge in [-0.25, -0.2) is 9.49 Å². The summed E-state index contributed by atoms with van der Waals surface area (Å²) in [6, 6.07) is 20.5. The minimum absolute atomic E-state index is 0.0905. The van der Waals surface area contributed by atoms with E-state index in [1.165, 1.54) is 11.6 Å². The van der Waals surface area contributed by atoms with E-state index in [1.54, 1.807) is 25.3 Å². The second-order valence-electron chi connectivity index (χ2n) is 10.5. The van der Waals surface area contributed by atoms with E-state index in [4.69, 9.17) is 4.74 Å². The number of ether oxygens (including phenoxy) is 1. The van der Waals surface area contributed by atoms with Gasteiger partial charge >= 0.3 is 0 Å². The van der Waals surface area contributed by atoms with Crippen LogP contribution in [0.2, 0.25) is 0 Å². The fraction of sp³-hybridized carbons (Fsp3) is 0.323. The van der Waals surface area contributed by atoms with Crippen molar-refractivity contribution in [1.29, 1.82) is 0 Å². The molecule has 2 unspecified atom stereocenters. The Morgan fingerprint density at radius 1 is 1.03 bits per heavy atom. The molecule has 0 spiro atoms. The van der Waals surface area contributed by atoms with Crippen molar-refractivity contribution in [2.45, 2.75) is 31.8 Å². The van der Waals surface area contributed by atoms with Crippen LogP contribution in [-0.4, -0.2) is 58.7 Å². The van der Waals surface area contributed by atoms with Crippen LogP contribution in [0.3, 0.4) is 0 Å². The third-order valence-corrected chi connectivity index (χ3v) is 8.19. The molecule has 0 radical (unpaired) electrons. The lowest BCUT2D eigenvalue weighted by atomic mass is 9.92. The number of aromatic nitrogens is 2. The largest absolute Gasteiger partial charge is 0.497 e. The maximum absolute atomic E-state index is 14.9. The molecule has 2 aliphatic heterocycles. The Labute approximate surface area is 226 Å². The molecule has 1 N–H and O–H groups in total. The number of carbonyl (C=O) groups excluding carboxylic acids is 1. The van der Waals surface area contributed by atoms with E-state index < -0.39 is 5.82 Å². The topological polar surface area (TPSA) is 78.5 Å². The van der Waals surface area contributed by atoms with Gasteiger partial charge in [-0.1, -0.05) is 36.4 Å². The number of nitrogens with zero attached hydrogens (tertiary/aromatic N) is 3. The van der Waals surface area contributed by atoms with Gasteiger partial charge in [0, 0.05) is 37.5 Å². The fourth-order valence-corrected chi connectivity index (χ4v) is 6.14. The Balaban J connectivity index is 1.15.